The molecule has 1 saturated carbocycles. The highest BCUT2D eigenvalue weighted by atomic mass is 32.2. The number of aromatic nitrogens is 2. The van der Waals surface area contributed by atoms with Crippen molar-refractivity contribution >= 4 is 41.8 Å². The Labute approximate surface area is 139 Å². The fraction of sp³-hybridized carbons (Fsp3) is 0.533. The molecule has 2 N–H and O–H groups in total. The van der Waals surface area contributed by atoms with Gasteiger partial charge in [0.1, 0.15) is 12.9 Å². The highest BCUT2D eigenvalue weighted by Crippen LogP contribution is 2.43. The van der Waals surface area contributed by atoms with Crippen LogP contribution in [0.2, 0.25) is 0 Å². The number of aryl methyl sites for hydroxylation is 1. The van der Waals surface area contributed by atoms with Crippen LogP contribution in [0.4, 0.5) is 15.9 Å². The van der Waals surface area contributed by atoms with Gasteiger partial charge < -0.3 is 10.3 Å². The molecule has 3 unspecified atom stereocenters. The summed E-state index contributed by atoms with van der Waals surface area (Å²) in [4.78, 5) is 0. The van der Waals surface area contributed by atoms with Crippen LogP contribution in [0.1, 0.15) is 18.9 Å². The Morgan fingerprint density at radius 2 is 2.26 bits per heavy atom. The third-order valence-corrected chi connectivity index (χ3v) is 5.26. The Bertz CT molecular complexity index is 723. The van der Waals surface area contributed by atoms with Gasteiger partial charge in [-0.05, 0) is 36.3 Å². The van der Waals surface area contributed by atoms with E-state index in [1.165, 1.54) is 17.4 Å². The van der Waals surface area contributed by atoms with Gasteiger partial charge in [0.25, 0.3) is 0 Å². The van der Waals surface area contributed by atoms with Crippen molar-refractivity contribution in [2.75, 3.05) is 22.9 Å². The van der Waals surface area contributed by atoms with Gasteiger partial charge in [-0.1, -0.05) is 13.0 Å². The number of nitrogen functional groups attached to an aromatic ring is 1. The first kappa shape index (κ1) is 16.5. The highest BCUT2D eigenvalue weighted by molar-refractivity contribution is 7.93. The van der Waals surface area contributed by atoms with E-state index in [1.54, 1.807) is 0 Å². The number of fused-ring (bicyclic) bond motifs is 1. The predicted molar refractivity (Wildman–Crippen MR) is 93.4 cm³/mol. The number of nitrogens with zero attached hydrogens (tertiary/aromatic N) is 3. The Kier molecular flexibility index (Phi) is 4.46. The van der Waals surface area contributed by atoms with E-state index in [-0.39, 0.29) is 6.54 Å². The fourth-order valence-electron chi connectivity index (χ4n) is 3.04. The summed E-state index contributed by atoms with van der Waals surface area (Å²) in [6.07, 6.45) is 3.58. The first-order valence-corrected chi connectivity index (χ1v) is 9.17. The summed E-state index contributed by atoms with van der Waals surface area (Å²) in [5.74, 6) is 1.74. The first-order valence-electron chi connectivity index (χ1n) is 7.66. The lowest BCUT2D eigenvalue weighted by Crippen LogP contribution is -2.27. The number of anilines is 2. The lowest BCUT2D eigenvalue weighted by molar-refractivity contribution is 0.434. The first-order chi connectivity index (χ1) is 10.9. The number of benzene rings is 1. The van der Waals surface area contributed by atoms with Crippen LogP contribution in [0.3, 0.4) is 0 Å². The Balaban J connectivity index is 2.17. The molecule has 122 valence electrons. The van der Waals surface area contributed by atoms with Crippen LogP contribution in [-0.4, -0.2) is 35.2 Å². The third-order valence-electron chi connectivity index (χ3n) is 4.53. The summed E-state index contributed by atoms with van der Waals surface area (Å²) >= 11 is -1.43. The lowest BCUT2D eigenvalue weighted by atomic mass is 10.0. The second-order valence-electron chi connectivity index (χ2n) is 6.20. The second-order valence-corrected chi connectivity index (χ2v) is 7.44. The SMILES string of the molecule is [B]N(c1nn(CCF)c2c(N)ccc(CC3CC3C)c12)[S+](C)[O-]. The van der Waals surface area contributed by atoms with Crippen LogP contribution in [-0.2, 0) is 24.3 Å². The molecule has 3 rings (SSSR count). The van der Waals surface area contributed by atoms with Crippen molar-refractivity contribution < 1.29 is 8.94 Å². The highest BCUT2D eigenvalue weighted by Gasteiger charge is 2.34. The maximum atomic E-state index is 12.9. The van der Waals surface area contributed by atoms with E-state index < -0.39 is 18.0 Å². The van der Waals surface area contributed by atoms with E-state index in [2.05, 4.69) is 12.0 Å². The number of hydrogen-bond donors (Lipinski definition) is 1. The summed E-state index contributed by atoms with van der Waals surface area (Å²) in [6, 6.07) is 3.80. The van der Waals surface area contributed by atoms with E-state index in [0.29, 0.717) is 28.9 Å². The van der Waals surface area contributed by atoms with Crippen LogP contribution < -0.4 is 9.95 Å². The van der Waals surface area contributed by atoms with Crippen molar-refractivity contribution in [1.82, 2.24) is 9.78 Å². The molecule has 1 heterocycles. The number of nitrogens with two attached hydrogens (primary N) is 1. The summed E-state index contributed by atoms with van der Waals surface area (Å²) in [5, 5.41) is 5.16. The van der Waals surface area contributed by atoms with Crippen LogP contribution in [0.5, 0.6) is 0 Å². The lowest BCUT2D eigenvalue weighted by Gasteiger charge is -2.18. The topological polar surface area (TPSA) is 70.1 Å². The summed E-state index contributed by atoms with van der Waals surface area (Å²) in [6.45, 7) is 1.76. The van der Waals surface area contributed by atoms with Gasteiger partial charge in [-0.3, -0.25) is 4.68 Å². The molecule has 1 aromatic heterocycles. The molecule has 2 radical (unpaired) electrons. The zero-order chi connectivity index (χ0) is 16.7. The molecule has 0 bridgehead atoms. The molecule has 1 fully saturated rings. The van der Waals surface area contributed by atoms with Gasteiger partial charge in [-0.2, -0.15) is 5.10 Å². The molecule has 0 spiro atoms. The smallest absolute Gasteiger partial charge is 0.307 e. The standard InChI is InChI=1S/C15H20BFN4OS/c1-9-7-11(9)8-10-3-4-12(18)14-13(10)15(21(16)23(2)22)19-20(14)6-5-17/h3-4,9,11H,5-8,18H2,1-2H3. The zero-order valence-electron chi connectivity index (χ0n) is 13.3. The van der Waals surface area contributed by atoms with E-state index in [0.717, 1.165) is 21.6 Å². The summed E-state index contributed by atoms with van der Waals surface area (Å²) in [5.41, 5.74) is 8.37. The molecule has 23 heavy (non-hydrogen) atoms. The van der Waals surface area contributed by atoms with Crippen molar-refractivity contribution in [1.29, 1.82) is 0 Å². The molecule has 5 nitrogen and oxygen atoms in total. The van der Waals surface area contributed by atoms with E-state index in [9.17, 15) is 8.94 Å². The van der Waals surface area contributed by atoms with Gasteiger partial charge in [-0.25, -0.2) is 8.61 Å². The molecule has 3 atom stereocenters. The van der Waals surface area contributed by atoms with E-state index in [1.807, 2.05) is 12.1 Å². The average Bonchev–Trinajstić information content (AvgIpc) is 3.05. The molecule has 0 saturated heterocycles. The van der Waals surface area contributed by atoms with Crippen molar-refractivity contribution in [2.24, 2.45) is 11.8 Å². The van der Waals surface area contributed by atoms with Crippen molar-refractivity contribution in [3.63, 3.8) is 0 Å². The molecule has 1 aliphatic rings. The molecule has 0 amide bonds. The van der Waals surface area contributed by atoms with Crippen LogP contribution in [0.15, 0.2) is 12.1 Å². The van der Waals surface area contributed by atoms with Gasteiger partial charge in [0.2, 0.25) is 0 Å². The predicted octanol–water partition coefficient (Wildman–Crippen LogP) is 1.97. The average molecular weight is 334 g/mol. The Hall–Kier alpha value is -1.41. The second kappa shape index (κ2) is 6.24. The summed E-state index contributed by atoms with van der Waals surface area (Å²) in [7, 11) is 5.93. The molecule has 0 aliphatic heterocycles. The summed E-state index contributed by atoms with van der Waals surface area (Å²) < 4.78 is 27.3. The molecule has 1 aliphatic carbocycles. The normalized spacial score (nSPS) is 21.6. The minimum absolute atomic E-state index is 0.0914. The Morgan fingerprint density at radius 1 is 1.57 bits per heavy atom. The van der Waals surface area contributed by atoms with Crippen molar-refractivity contribution in [3.05, 3.63) is 17.7 Å². The largest absolute Gasteiger partial charge is 0.594 e. The van der Waals surface area contributed by atoms with Crippen molar-refractivity contribution in [3.8, 4) is 0 Å². The maximum Gasteiger partial charge on any atom is 0.307 e. The minimum Gasteiger partial charge on any atom is -0.594 e. The molecular weight excluding hydrogens is 314 g/mol. The number of rotatable bonds is 6. The molecule has 1 aromatic carbocycles. The van der Waals surface area contributed by atoms with Crippen LogP contribution in [0.25, 0.3) is 10.9 Å². The maximum absolute atomic E-state index is 12.9. The molecule has 8 heteroatoms. The van der Waals surface area contributed by atoms with Gasteiger partial charge in [0, 0.05) is 0 Å². The molecule has 2 aromatic rings. The quantitative estimate of drug-likeness (QED) is 0.498. The van der Waals surface area contributed by atoms with Gasteiger partial charge in [-0.15, -0.1) is 0 Å². The number of hydrogen-bond acceptors (Lipinski definition) is 4. The Morgan fingerprint density at radius 3 is 2.83 bits per heavy atom. The third kappa shape index (κ3) is 3.02. The fourth-order valence-corrected chi connectivity index (χ4v) is 3.42. The number of alkyl halides is 1. The minimum atomic E-state index is -1.43. The van der Waals surface area contributed by atoms with Crippen LogP contribution in [0, 0.1) is 11.8 Å². The molecular formula is C15H20BFN4OS. The monoisotopic (exact) mass is 334 g/mol. The number of halogens is 1. The van der Waals surface area contributed by atoms with E-state index >= 15 is 0 Å². The van der Waals surface area contributed by atoms with Crippen LogP contribution >= 0.6 is 0 Å². The van der Waals surface area contributed by atoms with Gasteiger partial charge in [0.15, 0.2) is 5.82 Å². The van der Waals surface area contributed by atoms with Crippen molar-refractivity contribution in [2.45, 2.75) is 26.3 Å². The zero-order valence-corrected chi connectivity index (χ0v) is 14.1. The van der Waals surface area contributed by atoms with Gasteiger partial charge in [0.05, 0.1) is 34.5 Å². The van der Waals surface area contributed by atoms with Gasteiger partial charge >= 0.3 is 7.98 Å². The van der Waals surface area contributed by atoms with E-state index in [4.69, 9.17) is 13.7 Å².